The predicted molar refractivity (Wildman–Crippen MR) is 108 cm³/mol. The van der Waals surface area contributed by atoms with Crippen LogP contribution in [-0.4, -0.2) is 29.0 Å². The topological polar surface area (TPSA) is 76.1 Å². The first kappa shape index (κ1) is 22.7. The second-order valence-corrected chi connectivity index (χ2v) is 7.97. The van der Waals surface area contributed by atoms with Crippen LogP contribution in [-0.2, 0) is 15.8 Å². The van der Waals surface area contributed by atoms with Gasteiger partial charge < -0.3 is 5.32 Å². The standard InChI is InChI=1S/C23H23F3N2O3/c1-12-9-13(2)19(14(3)10-12)20-17(29)11-15(21(20)30)7-8-27-22(31)16-5-4-6-18(28-16)23(24,25)26/h4-6,9-10,15,20H,7-8,11H2,1-3H3,(H,27,31). The molecule has 8 heteroatoms. The summed E-state index contributed by atoms with van der Waals surface area (Å²) in [4.78, 5) is 41.0. The van der Waals surface area contributed by atoms with Crippen molar-refractivity contribution in [2.24, 2.45) is 5.92 Å². The first-order valence-corrected chi connectivity index (χ1v) is 9.95. The molecular formula is C23H23F3N2O3. The van der Waals surface area contributed by atoms with Crippen LogP contribution in [0, 0.1) is 26.7 Å². The summed E-state index contributed by atoms with van der Waals surface area (Å²) in [7, 11) is 0. The highest BCUT2D eigenvalue weighted by molar-refractivity contribution is 6.15. The van der Waals surface area contributed by atoms with Gasteiger partial charge in [-0.25, -0.2) is 4.98 Å². The number of aromatic nitrogens is 1. The second-order valence-electron chi connectivity index (χ2n) is 7.97. The quantitative estimate of drug-likeness (QED) is 0.723. The van der Waals surface area contributed by atoms with Crippen LogP contribution in [0.1, 0.15) is 57.2 Å². The number of benzene rings is 1. The number of nitrogens with zero attached hydrogens (tertiary/aromatic N) is 1. The Balaban J connectivity index is 1.64. The number of alkyl halides is 3. The highest BCUT2D eigenvalue weighted by atomic mass is 19.4. The zero-order valence-electron chi connectivity index (χ0n) is 17.5. The van der Waals surface area contributed by atoms with Gasteiger partial charge in [-0.1, -0.05) is 23.8 Å². The van der Waals surface area contributed by atoms with E-state index in [1.165, 1.54) is 6.07 Å². The summed E-state index contributed by atoms with van der Waals surface area (Å²) in [6, 6.07) is 6.97. The Morgan fingerprint density at radius 2 is 1.77 bits per heavy atom. The average Bonchev–Trinajstić information content (AvgIpc) is 2.94. The monoisotopic (exact) mass is 432 g/mol. The fraction of sp³-hybridized carbons (Fsp3) is 0.391. The molecule has 0 radical (unpaired) electrons. The molecule has 1 aromatic carbocycles. The van der Waals surface area contributed by atoms with Gasteiger partial charge in [-0.15, -0.1) is 0 Å². The number of nitrogens with one attached hydrogen (secondary N) is 1. The third kappa shape index (κ3) is 4.84. The maximum Gasteiger partial charge on any atom is 0.433 e. The van der Waals surface area contributed by atoms with Gasteiger partial charge in [0.1, 0.15) is 23.1 Å². The zero-order valence-corrected chi connectivity index (χ0v) is 17.5. The smallest absolute Gasteiger partial charge is 0.351 e. The maximum absolute atomic E-state index is 12.9. The van der Waals surface area contributed by atoms with Gasteiger partial charge >= 0.3 is 6.18 Å². The number of ketones is 2. The molecule has 1 aliphatic rings. The van der Waals surface area contributed by atoms with Crippen molar-refractivity contribution in [3.8, 4) is 0 Å². The summed E-state index contributed by atoms with van der Waals surface area (Å²) in [5, 5.41) is 2.49. The van der Waals surface area contributed by atoms with Crippen LogP contribution in [0.5, 0.6) is 0 Å². The van der Waals surface area contributed by atoms with E-state index >= 15 is 0 Å². The van der Waals surface area contributed by atoms with E-state index in [9.17, 15) is 27.6 Å². The van der Waals surface area contributed by atoms with E-state index in [1.807, 2.05) is 32.9 Å². The number of halogens is 3. The second kappa shape index (κ2) is 8.61. The molecule has 1 fully saturated rings. The van der Waals surface area contributed by atoms with Gasteiger partial charge in [-0.3, -0.25) is 14.4 Å². The van der Waals surface area contributed by atoms with Gasteiger partial charge in [0.05, 0.1) is 0 Å². The number of aryl methyl sites for hydroxylation is 3. The van der Waals surface area contributed by atoms with Crippen molar-refractivity contribution in [2.45, 2.75) is 45.7 Å². The van der Waals surface area contributed by atoms with E-state index in [4.69, 9.17) is 0 Å². The van der Waals surface area contributed by atoms with Crippen LogP contribution in [0.25, 0.3) is 0 Å². The Hall–Kier alpha value is -3.03. The molecule has 0 saturated heterocycles. The number of carbonyl (C=O) groups is 3. The first-order valence-electron chi connectivity index (χ1n) is 9.95. The minimum absolute atomic E-state index is 0.0546. The number of hydrogen-bond acceptors (Lipinski definition) is 4. The van der Waals surface area contributed by atoms with E-state index in [0.717, 1.165) is 34.4 Å². The molecule has 1 N–H and O–H groups in total. The molecule has 0 aliphatic heterocycles. The maximum atomic E-state index is 12.9. The average molecular weight is 432 g/mol. The van der Waals surface area contributed by atoms with E-state index in [0.29, 0.717) is 0 Å². The predicted octanol–water partition coefficient (Wildman–Crippen LogP) is 4.09. The van der Waals surface area contributed by atoms with E-state index < -0.39 is 29.6 Å². The van der Waals surface area contributed by atoms with Crippen molar-refractivity contribution in [1.29, 1.82) is 0 Å². The number of Topliss-reactive ketones (excluding diaryl/α,β-unsaturated/α-hetero) is 2. The number of carbonyl (C=O) groups excluding carboxylic acids is 3. The van der Waals surface area contributed by atoms with Crippen LogP contribution in [0.4, 0.5) is 13.2 Å². The Morgan fingerprint density at radius 1 is 1.13 bits per heavy atom. The number of pyridine rings is 1. The molecule has 0 bridgehead atoms. The van der Waals surface area contributed by atoms with Crippen molar-refractivity contribution in [1.82, 2.24) is 10.3 Å². The van der Waals surface area contributed by atoms with E-state index in [-0.39, 0.29) is 36.6 Å². The lowest BCUT2D eigenvalue weighted by molar-refractivity contribution is -0.141. The van der Waals surface area contributed by atoms with Crippen LogP contribution in [0.15, 0.2) is 30.3 Å². The van der Waals surface area contributed by atoms with Gasteiger partial charge in [0.15, 0.2) is 5.78 Å². The minimum Gasteiger partial charge on any atom is -0.351 e. The van der Waals surface area contributed by atoms with Gasteiger partial charge in [-0.2, -0.15) is 13.2 Å². The van der Waals surface area contributed by atoms with E-state index in [2.05, 4.69) is 10.3 Å². The van der Waals surface area contributed by atoms with Crippen molar-refractivity contribution >= 4 is 17.5 Å². The summed E-state index contributed by atoms with van der Waals surface area (Å²) < 4.78 is 38.3. The molecule has 31 heavy (non-hydrogen) atoms. The molecule has 1 heterocycles. The van der Waals surface area contributed by atoms with Crippen molar-refractivity contribution in [2.75, 3.05) is 6.54 Å². The Bertz CT molecular complexity index is 1020. The Morgan fingerprint density at radius 3 is 2.39 bits per heavy atom. The molecule has 1 amide bonds. The zero-order chi connectivity index (χ0) is 22.9. The van der Waals surface area contributed by atoms with Crippen molar-refractivity contribution in [3.05, 3.63) is 64.0 Å². The molecule has 1 saturated carbocycles. The molecule has 2 atom stereocenters. The van der Waals surface area contributed by atoms with Crippen LogP contribution in [0.3, 0.4) is 0 Å². The molecule has 0 spiro atoms. The van der Waals surface area contributed by atoms with Crippen LogP contribution < -0.4 is 5.32 Å². The number of amides is 1. The van der Waals surface area contributed by atoms with Gasteiger partial charge in [-0.05, 0) is 56.0 Å². The van der Waals surface area contributed by atoms with Gasteiger partial charge in [0.2, 0.25) is 0 Å². The molecule has 5 nitrogen and oxygen atoms in total. The van der Waals surface area contributed by atoms with Crippen LogP contribution >= 0.6 is 0 Å². The third-order valence-corrected chi connectivity index (χ3v) is 5.53. The largest absolute Gasteiger partial charge is 0.433 e. The molecule has 1 aromatic heterocycles. The summed E-state index contributed by atoms with van der Waals surface area (Å²) in [6.45, 7) is 5.77. The molecular weight excluding hydrogens is 409 g/mol. The summed E-state index contributed by atoms with van der Waals surface area (Å²) in [5.74, 6) is -2.41. The van der Waals surface area contributed by atoms with Crippen molar-refractivity contribution in [3.63, 3.8) is 0 Å². The molecule has 164 valence electrons. The van der Waals surface area contributed by atoms with Crippen LogP contribution in [0.2, 0.25) is 0 Å². The summed E-state index contributed by atoms with van der Waals surface area (Å²) in [6.07, 6.45) is -4.32. The first-order chi connectivity index (χ1) is 14.5. The highest BCUT2D eigenvalue weighted by Crippen LogP contribution is 2.37. The Kier molecular flexibility index (Phi) is 6.29. The molecule has 2 unspecified atom stereocenters. The number of rotatable bonds is 5. The SMILES string of the molecule is Cc1cc(C)c(C2C(=O)CC(CCNC(=O)c3cccc(C(F)(F)F)n3)C2=O)c(C)c1. The highest BCUT2D eigenvalue weighted by Gasteiger charge is 2.42. The lowest BCUT2D eigenvalue weighted by Crippen LogP contribution is -2.28. The van der Waals surface area contributed by atoms with Crippen molar-refractivity contribution < 1.29 is 27.6 Å². The van der Waals surface area contributed by atoms with Gasteiger partial charge in [0, 0.05) is 18.9 Å². The van der Waals surface area contributed by atoms with Gasteiger partial charge in [0.25, 0.3) is 5.91 Å². The summed E-state index contributed by atoms with van der Waals surface area (Å²) >= 11 is 0. The minimum atomic E-state index is -4.64. The third-order valence-electron chi connectivity index (χ3n) is 5.53. The fourth-order valence-electron chi connectivity index (χ4n) is 4.22. The summed E-state index contributed by atoms with van der Waals surface area (Å²) in [5.41, 5.74) is 2.10. The molecule has 2 aromatic rings. The van der Waals surface area contributed by atoms with E-state index in [1.54, 1.807) is 0 Å². The lowest BCUT2D eigenvalue weighted by atomic mass is 9.86. The fourth-order valence-corrected chi connectivity index (χ4v) is 4.22. The molecule has 1 aliphatic carbocycles. The lowest BCUT2D eigenvalue weighted by Gasteiger charge is -2.16. The number of hydrogen-bond donors (Lipinski definition) is 1. The molecule has 3 rings (SSSR count). The normalized spacial score (nSPS) is 19.0. The Labute approximate surface area is 178 Å².